The van der Waals surface area contributed by atoms with E-state index in [1.807, 2.05) is 6.07 Å². The molecule has 17 heavy (non-hydrogen) atoms. The lowest BCUT2D eigenvalue weighted by atomic mass is 10.1. The van der Waals surface area contributed by atoms with Crippen LogP contribution in [-0.2, 0) is 0 Å². The summed E-state index contributed by atoms with van der Waals surface area (Å²) in [4.78, 5) is 4.73. The smallest absolute Gasteiger partial charge is 0.0387 e. The van der Waals surface area contributed by atoms with E-state index in [2.05, 4.69) is 43.0 Å². The molecule has 0 aliphatic carbocycles. The van der Waals surface area contributed by atoms with Gasteiger partial charge in [0.25, 0.3) is 0 Å². The summed E-state index contributed by atoms with van der Waals surface area (Å²) in [6, 6.07) is 6.28. The molecule has 1 aromatic carbocycles. The number of nitrogen functional groups attached to an aromatic ring is 1. The Hall–Kier alpha value is -1.22. The third-order valence-corrected chi connectivity index (χ3v) is 3.55. The summed E-state index contributed by atoms with van der Waals surface area (Å²) >= 11 is 0. The minimum Gasteiger partial charge on any atom is -0.399 e. The summed E-state index contributed by atoms with van der Waals surface area (Å²) < 4.78 is 0. The Kier molecular flexibility index (Phi) is 3.57. The quantitative estimate of drug-likeness (QED) is 0.810. The van der Waals surface area contributed by atoms with E-state index < -0.39 is 0 Å². The van der Waals surface area contributed by atoms with E-state index in [4.69, 9.17) is 5.73 Å². The van der Waals surface area contributed by atoms with Crippen LogP contribution in [-0.4, -0.2) is 38.6 Å². The molecule has 1 aliphatic heterocycles. The fourth-order valence-electron chi connectivity index (χ4n) is 2.68. The number of nitrogens with zero attached hydrogens (tertiary/aromatic N) is 2. The maximum absolute atomic E-state index is 5.89. The Labute approximate surface area is 104 Å². The number of aryl methyl sites for hydroxylation is 1. The van der Waals surface area contributed by atoms with Gasteiger partial charge in [-0.2, -0.15) is 0 Å². The van der Waals surface area contributed by atoms with Crippen LogP contribution < -0.4 is 10.6 Å². The van der Waals surface area contributed by atoms with Crippen molar-refractivity contribution in [1.82, 2.24) is 4.90 Å². The fourth-order valence-corrected chi connectivity index (χ4v) is 2.68. The van der Waals surface area contributed by atoms with Crippen molar-refractivity contribution < 1.29 is 0 Å². The van der Waals surface area contributed by atoms with Crippen LogP contribution in [0.1, 0.15) is 12.0 Å². The van der Waals surface area contributed by atoms with Crippen molar-refractivity contribution in [2.45, 2.75) is 13.3 Å². The highest BCUT2D eigenvalue weighted by Gasteiger charge is 2.20. The maximum Gasteiger partial charge on any atom is 0.0387 e. The Bertz CT molecular complexity index is 369. The van der Waals surface area contributed by atoms with Crippen LogP contribution in [0.15, 0.2) is 18.2 Å². The molecule has 0 saturated carbocycles. The molecule has 94 valence electrons. The van der Waals surface area contributed by atoms with E-state index in [1.54, 1.807) is 0 Å². The average molecular weight is 233 g/mol. The Balaban J connectivity index is 2.01. The summed E-state index contributed by atoms with van der Waals surface area (Å²) in [5.41, 5.74) is 9.21. The van der Waals surface area contributed by atoms with Crippen LogP contribution in [0, 0.1) is 12.8 Å². The Morgan fingerprint density at radius 3 is 2.76 bits per heavy atom. The first kappa shape index (κ1) is 12.2. The van der Waals surface area contributed by atoms with Gasteiger partial charge in [-0.15, -0.1) is 0 Å². The molecule has 1 heterocycles. The van der Waals surface area contributed by atoms with E-state index in [9.17, 15) is 0 Å². The minimum atomic E-state index is 0.784. The Morgan fingerprint density at radius 2 is 2.18 bits per heavy atom. The molecule has 1 atom stereocenters. The van der Waals surface area contributed by atoms with Crippen LogP contribution in [0.5, 0.6) is 0 Å². The first-order chi connectivity index (χ1) is 8.04. The van der Waals surface area contributed by atoms with E-state index in [1.165, 1.54) is 30.8 Å². The number of hydrogen-bond acceptors (Lipinski definition) is 3. The molecule has 0 spiro atoms. The molecular weight excluding hydrogens is 210 g/mol. The average Bonchev–Trinajstić information content (AvgIpc) is 2.62. The van der Waals surface area contributed by atoms with Crippen molar-refractivity contribution in [1.29, 1.82) is 0 Å². The zero-order chi connectivity index (χ0) is 12.4. The fraction of sp³-hybridized carbons (Fsp3) is 0.571. The van der Waals surface area contributed by atoms with Crippen LogP contribution in [0.3, 0.4) is 0 Å². The number of likely N-dealkylation sites (tertiary alicyclic amines) is 1. The summed E-state index contributed by atoms with van der Waals surface area (Å²) in [5.74, 6) is 0.784. The van der Waals surface area contributed by atoms with Gasteiger partial charge in [0.05, 0.1) is 0 Å². The lowest BCUT2D eigenvalue weighted by Gasteiger charge is -2.24. The molecule has 1 aromatic rings. The van der Waals surface area contributed by atoms with Gasteiger partial charge in [-0.25, -0.2) is 0 Å². The zero-order valence-electron chi connectivity index (χ0n) is 11.1. The predicted molar refractivity (Wildman–Crippen MR) is 74.5 cm³/mol. The second-order valence-electron chi connectivity index (χ2n) is 5.40. The second-order valence-corrected chi connectivity index (χ2v) is 5.40. The monoisotopic (exact) mass is 233 g/mol. The first-order valence-electron chi connectivity index (χ1n) is 6.31. The maximum atomic E-state index is 5.89. The van der Waals surface area contributed by atoms with Gasteiger partial charge in [-0.05, 0) is 56.6 Å². The van der Waals surface area contributed by atoms with Crippen molar-refractivity contribution in [3.8, 4) is 0 Å². The second kappa shape index (κ2) is 4.96. The van der Waals surface area contributed by atoms with Gasteiger partial charge in [0.1, 0.15) is 0 Å². The lowest BCUT2D eigenvalue weighted by molar-refractivity contribution is 0.396. The molecule has 0 bridgehead atoms. The standard InChI is InChI=1S/C14H23N3/c1-11-6-13(15)8-14(7-11)17(3)10-12-4-5-16(2)9-12/h6-8,12H,4-5,9-10,15H2,1-3H3. The van der Waals surface area contributed by atoms with E-state index in [-0.39, 0.29) is 0 Å². The molecule has 1 fully saturated rings. The number of benzene rings is 1. The van der Waals surface area contributed by atoms with Crippen molar-refractivity contribution in [3.05, 3.63) is 23.8 Å². The number of nitrogens with two attached hydrogens (primary N) is 1. The molecule has 2 N–H and O–H groups in total. The third kappa shape index (κ3) is 3.13. The van der Waals surface area contributed by atoms with E-state index in [0.29, 0.717) is 0 Å². The molecule has 0 radical (unpaired) electrons. The normalized spacial score (nSPS) is 20.8. The summed E-state index contributed by atoms with van der Waals surface area (Å²) in [5, 5.41) is 0. The minimum absolute atomic E-state index is 0.784. The van der Waals surface area contributed by atoms with Gasteiger partial charge >= 0.3 is 0 Å². The van der Waals surface area contributed by atoms with Gasteiger partial charge in [0, 0.05) is 31.5 Å². The van der Waals surface area contributed by atoms with Gasteiger partial charge in [0.15, 0.2) is 0 Å². The molecule has 1 saturated heterocycles. The molecule has 1 unspecified atom stereocenters. The van der Waals surface area contributed by atoms with Crippen molar-refractivity contribution in [2.75, 3.05) is 44.4 Å². The summed E-state index contributed by atoms with van der Waals surface area (Å²) in [6.45, 7) is 5.66. The SMILES string of the molecule is Cc1cc(N)cc(N(C)CC2CCN(C)C2)c1. The van der Waals surface area contributed by atoms with Crippen LogP contribution in [0.2, 0.25) is 0 Å². The highest BCUT2D eigenvalue weighted by Crippen LogP contribution is 2.22. The number of anilines is 2. The zero-order valence-corrected chi connectivity index (χ0v) is 11.1. The highest BCUT2D eigenvalue weighted by atomic mass is 15.1. The molecule has 3 heteroatoms. The van der Waals surface area contributed by atoms with Gasteiger partial charge in [-0.1, -0.05) is 0 Å². The molecule has 3 nitrogen and oxygen atoms in total. The molecule has 1 aliphatic rings. The van der Waals surface area contributed by atoms with Crippen LogP contribution in [0.25, 0.3) is 0 Å². The highest BCUT2D eigenvalue weighted by molar-refractivity contribution is 5.58. The van der Waals surface area contributed by atoms with Gasteiger partial charge < -0.3 is 15.5 Å². The topological polar surface area (TPSA) is 32.5 Å². The summed E-state index contributed by atoms with van der Waals surface area (Å²) in [7, 11) is 4.36. The first-order valence-corrected chi connectivity index (χ1v) is 6.31. The largest absolute Gasteiger partial charge is 0.399 e. The number of hydrogen-bond donors (Lipinski definition) is 1. The molecule has 2 rings (SSSR count). The van der Waals surface area contributed by atoms with Crippen molar-refractivity contribution in [3.63, 3.8) is 0 Å². The van der Waals surface area contributed by atoms with Crippen LogP contribution >= 0.6 is 0 Å². The van der Waals surface area contributed by atoms with Crippen LogP contribution in [0.4, 0.5) is 11.4 Å². The molecule has 0 amide bonds. The third-order valence-electron chi connectivity index (χ3n) is 3.55. The van der Waals surface area contributed by atoms with Crippen molar-refractivity contribution >= 4 is 11.4 Å². The van der Waals surface area contributed by atoms with Gasteiger partial charge in [0.2, 0.25) is 0 Å². The number of rotatable bonds is 3. The van der Waals surface area contributed by atoms with Gasteiger partial charge in [-0.3, -0.25) is 0 Å². The molecular formula is C14H23N3. The lowest BCUT2D eigenvalue weighted by Crippen LogP contribution is -2.27. The van der Waals surface area contributed by atoms with E-state index >= 15 is 0 Å². The summed E-state index contributed by atoms with van der Waals surface area (Å²) in [6.07, 6.45) is 1.31. The molecule has 0 aromatic heterocycles. The predicted octanol–water partition coefficient (Wildman–Crippen LogP) is 1.97. The van der Waals surface area contributed by atoms with E-state index in [0.717, 1.165) is 18.2 Å². The van der Waals surface area contributed by atoms with Crippen molar-refractivity contribution in [2.24, 2.45) is 5.92 Å². The Morgan fingerprint density at radius 1 is 1.41 bits per heavy atom.